The molecular weight excluding hydrogens is 348 g/mol. The van der Waals surface area contributed by atoms with Crippen molar-refractivity contribution in [3.05, 3.63) is 47.1 Å². The second-order valence-corrected chi connectivity index (χ2v) is 7.03. The molecule has 6 nitrogen and oxygen atoms in total. The number of carboxylic acid groups (broad SMARTS) is 1. The molecule has 0 spiro atoms. The maximum Gasteiger partial charge on any atom is 0.334 e. The number of hydrogen-bond acceptors (Lipinski definition) is 5. The third-order valence-corrected chi connectivity index (χ3v) is 4.92. The molecule has 1 heterocycles. The topological polar surface area (TPSA) is 89.9 Å². The second-order valence-electron chi connectivity index (χ2n) is 7.03. The van der Waals surface area contributed by atoms with Crippen molar-refractivity contribution < 1.29 is 29.0 Å². The lowest BCUT2D eigenvalue weighted by atomic mass is 9.85. The van der Waals surface area contributed by atoms with Crippen LogP contribution in [-0.4, -0.2) is 35.2 Å². The van der Waals surface area contributed by atoms with E-state index in [9.17, 15) is 19.5 Å². The second kappa shape index (κ2) is 8.84. The molecule has 0 radical (unpaired) electrons. The molecule has 0 aromatic rings. The van der Waals surface area contributed by atoms with Gasteiger partial charge in [-0.2, -0.15) is 0 Å². The van der Waals surface area contributed by atoms with Crippen LogP contribution in [0.15, 0.2) is 47.1 Å². The highest BCUT2D eigenvalue weighted by molar-refractivity contribution is 5.92. The molecular formula is C21H26O6. The van der Waals surface area contributed by atoms with Crippen LogP contribution in [0, 0.1) is 5.92 Å². The van der Waals surface area contributed by atoms with Crippen molar-refractivity contribution in [1.29, 1.82) is 0 Å². The van der Waals surface area contributed by atoms with Crippen LogP contribution in [0.25, 0.3) is 0 Å². The summed E-state index contributed by atoms with van der Waals surface area (Å²) in [6, 6.07) is 0. The first kappa shape index (κ1) is 20.7. The molecule has 0 bridgehead atoms. The fourth-order valence-corrected chi connectivity index (χ4v) is 3.24. The van der Waals surface area contributed by atoms with E-state index in [1.165, 1.54) is 12.2 Å². The molecule has 0 aromatic heterocycles. The summed E-state index contributed by atoms with van der Waals surface area (Å²) in [4.78, 5) is 35.9. The van der Waals surface area contributed by atoms with Crippen molar-refractivity contribution in [2.45, 2.75) is 58.7 Å². The van der Waals surface area contributed by atoms with Gasteiger partial charge in [-0.05, 0) is 39.2 Å². The van der Waals surface area contributed by atoms with E-state index < -0.39 is 36.0 Å². The van der Waals surface area contributed by atoms with Gasteiger partial charge in [-0.1, -0.05) is 30.7 Å². The number of esters is 2. The summed E-state index contributed by atoms with van der Waals surface area (Å²) in [6.45, 7) is 9.47. The lowest BCUT2D eigenvalue weighted by molar-refractivity contribution is -0.146. The van der Waals surface area contributed by atoms with Crippen molar-refractivity contribution in [2.75, 3.05) is 0 Å². The predicted molar refractivity (Wildman–Crippen MR) is 99.8 cm³/mol. The number of carbonyl (C=O) groups is 3. The minimum atomic E-state index is -1.05. The van der Waals surface area contributed by atoms with Gasteiger partial charge in [-0.3, -0.25) is 0 Å². The summed E-state index contributed by atoms with van der Waals surface area (Å²) in [5.74, 6) is -2.75. The van der Waals surface area contributed by atoms with Gasteiger partial charge in [0.15, 0.2) is 0 Å². The molecule has 3 unspecified atom stereocenters. The number of allylic oxidation sites excluding steroid dienone is 2. The molecule has 146 valence electrons. The summed E-state index contributed by atoms with van der Waals surface area (Å²) in [5.41, 5.74) is 2.21. The SMILES string of the molecule is C=C1C(=O)OC2/C=C(\C(=O)O)CCC=C(C)CC(OC(=O)C=C(C)CC)C12. The molecule has 1 fully saturated rings. The standard InChI is InChI=1S/C21H26O6/c1-5-12(2)10-18(22)26-16-9-13(3)7-6-8-15(20(23)24)11-17-19(16)14(4)21(25)27-17/h7,10-11,16-17,19H,4-6,8-9H2,1-3H3,(H,23,24)/b12-10?,13-7?,15-11-. The van der Waals surface area contributed by atoms with Gasteiger partial charge < -0.3 is 14.6 Å². The van der Waals surface area contributed by atoms with Crippen molar-refractivity contribution >= 4 is 17.9 Å². The highest BCUT2D eigenvalue weighted by atomic mass is 16.6. The van der Waals surface area contributed by atoms with Gasteiger partial charge in [0, 0.05) is 23.6 Å². The normalized spacial score (nSPS) is 28.4. The molecule has 0 aromatic carbocycles. The molecule has 2 aliphatic rings. The molecule has 1 aliphatic carbocycles. The first-order valence-electron chi connectivity index (χ1n) is 9.10. The Morgan fingerprint density at radius 3 is 2.78 bits per heavy atom. The van der Waals surface area contributed by atoms with Crippen LogP contribution in [-0.2, 0) is 23.9 Å². The average Bonchev–Trinajstić information content (AvgIpc) is 2.86. The van der Waals surface area contributed by atoms with Gasteiger partial charge in [0.25, 0.3) is 0 Å². The smallest absolute Gasteiger partial charge is 0.334 e. The van der Waals surface area contributed by atoms with Crippen LogP contribution < -0.4 is 0 Å². The Labute approximate surface area is 159 Å². The molecule has 27 heavy (non-hydrogen) atoms. The Balaban J connectivity index is 2.41. The Kier molecular flexibility index (Phi) is 6.77. The maximum absolute atomic E-state index is 12.3. The Morgan fingerprint density at radius 2 is 2.15 bits per heavy atom. The first-order valence-corrected chi connectivity index (χ1v) is 9.10. The van der Waals surface area contributed by atoms with Gasteiger partial charge in [0.2, 0.25) is 0 Å². The van der Waals surface area contributed by atoms with E-state index in [-0.39, 0.29) is 11.1 Å². The van der Waals surface area contributed by atoms with E-state index >= 15 is 0 Å². The summed E-state index contributed by atoms with van der Waals surface area (Å²) in [6.07, 6.45) is 5.39. The Hall–Kier alpha value is -2.63. The van der Waals surface area contributed by atoms with Crippen molar-refractivity contribution in [2.24, 2.45) is 5.92 Å². The summed E-state index contributed by atoms with van der Waals surface area (Å²) in [5, 5.41) is 9.43. The fourth-order valence-electron chi connectivity index (χ4n) is 3.24. The zero-order valence-corrected chi connectivity index (χ0v) is 16.0. The highest BCUT2D eigenvalue weighted by Crippen LogP contribution is 2.36. The van der Waals surface area contributed by atoms with Crippen molar-refractivity contribution in [3.8, 4) is 0 Å². The summed E-state index contributed by atoms with van der Waals surface area (Å²) in [7, 11) is 0. The van der Waals surface area contributed by atoms with E-state index in [2.05, 4.69) is 6.58 Å². The third-order valence-electron chi connectivity index (χ3n) is 4.92. The molecule has 2 rings (SSSR count). The van der Waals surface area contributed by atoms with Crippen LogP contribution in [0.3, 0.4) is 0 Å². The third kappa shape index (κ3) is 5.18. The lowest BCUT2D eigenvalue weighted by Crippen LogP contribution is -2.33. The van der Waals surface area contributed by atoms with Crippen LogP contribution >= 0.6 is 0 Å². The van der Waals surface area contributed by atoms with Crippen molar-refractivity contribution in [3.63, 3.8) is 0 Å². The monoisotopic (exact) mass is 374 g/mol. The number of carboxylic acids is 1. The minimum absolute atomic E-state index is 0.172. The number of fused-ring (bicyclic) bond motifs is 1. The largest absolute Gasteiger partial charge is 0.478 e. The molecule has 1 saturated heterocycles. The van der Waals surface area contributed by atoms with Crippen LogP contribution in [0.2, 0.25) is 0 Å². The predicted octanol–water partition coefficient (Wildman–Crippen LogP) is 3.49. The maximum atomic E-state index is 12.3. The van der Waals surface area contributed by atoms with Gasteiger partial charge in [0.05, 0.1) is 5.92 Å². The number of carbonyl (C=O) groups excluding carboxylic acids is 2. The number of hydrogen-bond donors (Lipinski definition) is 1. The molecule has 0 saturated carbocycles. The van der Waals surface area contributed by atoms with E-state index in [4.69, 9.17) is 9.47 Å². The zero-order valence-electron chi connectivity index (χ0n) is 16.0. The van der Waals surface area contributed by atoms with Crippen LogP contribution in [0.1, 0.15) is 46.5 Å². The Morgan fingerprint density at radius 1 is 1.44 bits per heavy atom. The molecule has 1 N–H and O–H groups in total. The van der Waals surface area contributed by atoms with Gasteiger partial charge in [-0.25, -0.2) is 14.4 Å². The molecule has 1 aliphatic heterocycles. The van der Waals surface area contributed by atoms with Gasteiger partial charge in [0.1, 0.15) is 12.2 Å². The first-order chi connectivity index (χ1) is 12.7. The number of aliphatic carboxylic acids is 1. The average molecular weight is 374 g/mol. The summed E-state index contributed by atoms with van der Waals surface area (Å²) >= 11 is 0. The van der Waals surface area contributed by atoms with E-state index in [1.54, 1.807) is 0 Å². The minimum Gasteiger partial charge on any atom is -0.478 e. The number of rotatable bonds is 4. The van der Waals surface area contributed by atoms with Crippen molar-refractivity contribution in [1.82, 2.24) is 0 Å². The molecule has 0 amide bonds. The molecule has 6 heteroatoms. The lowest BCUT2D eigenvalue weighted by Gasteiger charge is -2.27. The Bertz CT molecular complexity index is 740. The van der Waals surface area contributed by atoms with Gasteiger partial charge in [-0.15, -0.1) is 0 Å². The highest BCUT2D eigenvalue weighted by Gasteiger charge is 2.44. The van der Waals surface area contributed by atoms with Crippen LogP contribution in [0.5, 0.6) is 0 Å². The van der Waals surface area contributed by atoms with E-state index in [0.29, 0.717) is 19.3 Å². The quantitative estimate of drug-likeness (QED) is 0.460. The van der Waals surface area contributed by atoms with Gasteiger partial charge >= 0.3 is 17.9 Å². The number of ether oxygens (including phenoxy) is 2. The molecule has 3 atom stereocenters. The summed E-state index contributed by atoms with van der Waals surface area (Å²) < 4.78 is 11.0. The van der Waals surface area contributed by atoms with Crippen LogP contribution in [0.4, 0.5) is 0 Å². The van der Waals surface area contributed by atoms with E-state index in [0.717, 1.165) is 17.6 Å². The fraction of sp³-hybridized carbons (Fsp3) is 0.476. The zero-order chi connectivity index (χ0) is 20.1. The van der Waals surface area contributed by atoms with E-state index in [1.807, 2.05) is 26.8 Å².